The standard InChI is InChI=1S/C33H33N3O6/c1-4-40-29(37)25-32(30(38)41-5-2)33(31(39)42-6-3)26(22-16-10-7-11-17-22)35(33)28(24-20-14-9-15-21-24)36(32)27(34-25)23-18-12-8-13-19-23/h7-21,26-28H,4-6H2,1-3H3/t26-,27-,28-,32-,33-,35?/m1/s1. The average molecular weight is 568 g/mol. The summed E-state index contributed by atoms with van der Waals surface area (Å²) in [6.45, 7) is 5.29. The molecule has 216 valence electrons. The highest BCUT2D eigenvalue weighted by molar-refractivity contribution is 6.47. The Bertz CT molecular complexity index is 1510. The molecular formula is C33H33N3O6. The lowest BCUT2D eigenvalue weighted by atomic mass is 9.74. The van der Waals surface area contributed by atoms with Crippen molar-refractivity contribution in [2.75, 3.05) is 19.8 Å². The summed E-state index contributed by atoms with van der Waals surface area (Å²) in [5.74, 6) is -2.14. The van der Waals surface area contributed by atoms with Crippen molar-refractivity contribution in [3.8, 4) is 0 Å². The lowest BCUT2D eigenvalue weighted by Gasteiger charge is -2.41. The van der Waals surface area contributed by atoms with Gasteiger partial charge in [-0.05, 0) is 37.5 Å². The van der Waals surface area contributed by atoms with Crippen LogP contribution in [-0.4, -0.2) is 64.3 Å². The summed E-state index contributed by atoms with van der Waals surface area (Å²) in [6.07, 6.45) is -1.44. The molecule has 3 aliphatic rings. The number of rotatable bonds is 9. The highest BCUT2D eigenvalue weighted by Gasteiger charge is 2.94. The van der Waals surface area contributed by atoms with E-state index in [0.717, 1.165) is 16.7 Å². The van der Waals surface area contributed by atoms with Crippen molar-refractivity contribution in [2.24, 2.45) is 4.99 Å². The molecule has 42 heavy (non-hydrogen) atoms. The average Bonchev–Trinajstić information content (AvgIpc) is 3.45. The quantitative estimate of drug-likeness (QED) is 0.214. The maximum absolute atomic E-state index is 14.7. The molecule has 0 aromatic heterocycles. The molecular weight excluding hydrogens is 534 g/mol. The van der Waals surface area contributed by atoms with Crippen LogP contribution in [0, 0.1) is 0 Å². The second-order valence-electron chi connectivity index (χ2n) is 10.3. The maximum Gasteiger partial charge on any atom is 0.355 e. The fraction of sp³-hybridized carbons (Fsp3) is 0.333. The van der Waals surface area contributed by atoms with Crippen molar-refractivity contribution in [3.05, 3.63) is 108 Å². The number of hydrogen-bond donors (Lipinski definition) is 0. The number of carbonyl (C=O) groups is 3. The van der Waals surface area contributed by atoms with Crippen LogP contribution in [0.25, 0.3) is 0 Å². The number of nitrogens with zero attached hydrogens (tertiary/aromatic N) is 3. The minimum Gasteiger partial charge on any atom is -0.464 e. The normalized spacial score (nSPS) is 29.2. The zero-order valence-corrected chi connectivity index (χ0v) is 23.8. The van der Waals surface area contributed by atoms with Crippen molar-refractivity contribution in [2.45, 2.75) is 50.2 Å². The molecule has 0 amide bonds. The van der Waals surface area contributed by atoms with Crippen LogP contribution >= 0.6 is 0 Å². The molecule has 0 radical (unpaired) electrons. The summed E-state index contributed by atoms with van der Waals surface area (Å²) in [7, 11) is 0. The Morgan fingerprint density at radius 1 is 0.667 bits per heavy atom. The summed E-state index contributed by atoms with van der Waals surface area (Å²) >= 11 is 0. The van der Waals surface area contributed by atoms with Crippen LogP contribution in [0.15, 0.2) is 96.0 Å². The highest BCUT2D eigenvalue weighted by atomic mass is 16.6. The first-order valence-electron chi connectivity index (χ1n) is 14.3. The number of fused-ring (bicyclic) bond motifs is 3. The number of esters is 3. The first-order valence-corrected chi connectivity index (χ1v) is 14.3. The van der Waals surface area contributed by atoms with Gasteiger partial charge in [-0.3, -0.25) is 9.89 Å². The molecule has 0 bridgehead atoms. The summed E-state index contributed by atoms with van der Waals surface area (Å²) in [5, 5.41) is 0. The van der Waals surface area contributed by atoms with E-state index < -0.39 is 47.4 Å². The van der Waals surface area contributed by atoms with Crippen LogP contribution in [0.4, 0.5) is 0 Å². The number of ether oxygens (including phenoxy) is 3. The van der Waals surface area contributed by atoms with Gasteiger partial charge in [-0.1, -0.05) is 91.0 Å². The molecule has 2 saturated heterocycles. The Kier molecular flexibility index (Phi) is 7.16. The van der Waals surface area contributed by atoms with Crippen LogP contribution < -0.4 is 0 Å². The van der Waals surface area contributed by atoms with Gasteiger partial charge in [0.25, 0.3) is 0 Å². The van der Waals surface area contributed by atoms with E-state index >= 15 is 0 Å². The van der Waals surface area contributed by atoms with E-state index in [2.05, 4.69) is 0 Å². The molecule has 6 atom stereocenters. The number of carbonyl (C=O) groups excluding carboxylic acids is 3. The molecule has 0 spiro atoms. The topological polar surface area (TPSA) is 97.5 Å². The molecule has 9 nitrogen and oxygen atoms in total. The molecule has 0 aliphatic carbocycles. The molecule has 3 aliphatic heterocycles. The fourth-order valence-corrected chi connectivity index (χ4v) is 6.89. The van der Waals surface area contributed by atoms with Gasteiger partial charge in [0.15, 0.2) is 11.3 Å². The van der Waals surface area contributed by atoms with Crippen LogP contribution in [0.5, 0.6) is 0 Å². The Morgan fingerprint density at radius 2 is 1.17 bits per heavy atom. The predicted octanol–water partition coefficient (Wildman–Crippen LogP) is 4.38. The van der Waals surface area contributed by atoms with E-state index in [1.165, 1.54) is 0 Å². The zero-order chi connectivity index (χ0) is 29.5. The zero-order valence-electron chi connectivity index (χ0n) is 23.8. The van der Waals surface area contributed by atoms with E-state index in [1.807, 2.05) is 101 Å². The number of benzene rings is 3. The lowest BCUT2D eigenvalue weighted by Crippen LogP contribution is -2.68. The largest absolute Gasteiger partial charge is 0.464 e. The van der Waals surface area contributed by atoms with Crippen molar-refractivity contribution >= 4 is 23.6 Å². The van der Waals surface area contributed by atoms with Gasteiger partial charge in [0.05, 0.1) is 32.0 Å². The molecule has 3 aromatic rings. The summed E-state index contributed by atoms with van der Waals surface area (Å²) in [6, 6.07) is 27.9. The maximum atomic E-state index is 14.7. The summed E-state index contributed by atoms with van der Waals surface area (Å²) in [5.41, 5.74) is -1.40. The van der Waals surface area contributed by atoms with Crippen molar-refractivity contribution in [3.63, 3.8) is 0 Å². The third-order valence-corrected chi connectivity index (χ3v) is 8.27. The van der Waals surface area contributed by atoms with Gasteiger partial charge in [0.1, 0.15) is 6.17 Å². The van der Waals surface area contributed by atoms with Crippen LogP contribution in [0.2, 0.25) is 0 Å². The molecule has 0 saturated carbocycles. The van der Waals surface area contributed by atoms with E-state index in [9.17, 15) is 14.4 Å². The second-order valence-corrected chi connectivity index (χ2v) is 10.3. The molecule has 9 heteroatoms. The Morgan fingerprint density at radius 3 is 1.71 bits per heavy atom. The van der Waals surface area contributed by atoms with Crippen LogP contribution in [-0.2, 0) is 28.6 Å². The van der Waals surface area contributed by atoms with Crippen molar-refractivity contribution in [1.82, 2.24) is 9.80 Å². The molecule has 6 rings (SSSR count). The van der Waals surface area contributed by atoms with Gasteiger partial charge in [0, 0.05) is 0 Å². The summed E-state index contributed by atoms with van der Waals surface area (Å²) < 4.78 is 17.1. The van der Waals surface area contributed by atoms with Crippen LogP contribution in [0.1, 0.15) is 55.8 Å². The van der Waals surface area contributed by atoms with E-state index in [0.29, 0.717) is 0 Å². The lowest BCUT2D eigenvalue weighted by molar-refractivity contribution is -0.163. The first kappa shape index (κ1) is 27.8. The monoisotopic (exact) mass is 567 g/mol. The minimum absolute atomic E-state index is 0.0332. The van der Waals surface area contributed by atoms with E-state index in [1.54, 1.807) is 20.8 Å². The van der Waals surface area contributed by atoms with Crippen molar-refractivity contribution < 1.29 is 28.6 Å². The van der Waals surface area contributed by atoms with Gasteiger partial charge >= 0.3 is 17.9 Å². The Labute approximate surface area is 244 Å². The number of aliphatic imine (C=N–C) groups is 1. The van der Waals surface area contributed by atoms with E-state index in [4.69, 9.17) is 19.2 Å². The van der Waals surface area contributed by atoms with Gasteiger partial charge in [-0.25, -0.2) is 19.3 Å². The second kappa shape index (κ2) is 10.8. The van der Waals surface area contributed by atoms with Gasteiger partial charge in [-0.15, -0.1) is 0 Å². The smallest absolute Gasteiger partial charge is 0.355 e. The van der Waals surface area contributed by atoms with Gasteiger partial charge in [0.2, 0.25) is 5.54 Å². The third-order valence-electron chi connectivity index (χ3n) is 8.27. The third kappa shape index (κ3) is 3.70. The SMILES string of the molecule is CCOC(=O)C1=N[C@@H](c2ccccc2)N2[C@H](c3ccccc3)N3[C@H](c4ccccc4)[C@@]3(C(=O)OCC)[C@]12C(=O)OCC. The predicted molar refractivity (Wildman–Crippen MR) is 154 cm³/mol. The minimum atomic E-state index is -1.97. The van der Waals surface area contributed by atoms with Crippen LogP contribution in [0.3, 0.4) is 0 Å². The van der Waals surface area contributed by atoms with Gasteiger partial charge < -0.3 is 14.2 Å². The Balaban J connectivity index is 1.71. The number of hydrogen-bond acceptors (Lipinski definition) is 9. The Hall–Kier alpha value is -4.34. The van der Waals surface area contributed by atoms with Gasteiger partial charge in [-0.2, -0.15) is 0 Å². The first-order chi connectivity index (χ1) is 20.5. The van der Waals surface area contributed by atoms with E-state index in [-0.39, 0.29) is 25.5 Å². The molecule has 1 unspecified atom stereocenters. The summed E-state index contributed by atoms with van der Waals surface area (Å²) in [4.78, 5) is 51.8. The highest BCUT2D eigenvalue weighted by Crippen LogP contribution is 2.74. The van der Waals surface area contributed by atoms with Crippen molar-refractivity contribution in [1.29, 1.82) is 0 Å². The molecule has 3 aromatic carbocycles. The molecule has 3 heterocycles. The fourth-order valence-electron chi connectivity index (χ4n) is 6.89. The molecule has 0 N–H and O–H groups in total. The molecule has 2 fully saturated rings.